The maximum Gasteiger partial charge on any atom is 0.0722 e. The molecule has 2 aromatic carbocycles. The van der Waals surface area contributed by atoms with Gasteiger partial charge in [0, 0.05) is 11.1 Å². The van der Waals surface area contributed by atoms with Crippen molar-refractivity contribution >= 4 is 5.71 Å². The van der Waals surface area contributed by atoms with E-state index in [1.165, 1.54) is 30.4 Å². The zero-order valence-corrected chi connectivity index (χ0v) is 10.4. The molecule has 0 saturated heterocycles. The monoisotopic (exact) mass is 236 g/mol. The van der Waals surface area contributed by atoms with Crippen LogP contribution in [0.5, 0.6) is 0 Å². The predicted molar refractivity (Wildman–Crippen MR) is 76.2 cm³/mol. The van der Waals surface area contributed by atoms with Crippen LogP contribution in [0.25, 0.3) is 0 Å². The quantitative estimate of drug-likeness (QED) is 0.562. The lowest BCUT2D eigenvalue weighted by atomic mass is 9.94. The summed E-state index contributed by atoms with van der Waals surface area (Å²) < 4.78 is 0. The highest BCUT2D eigenvalue weighted by atomic mass is 15.5. The minimum Gasteiger partial charge on any atom is -0.281 e. The molecule has 1 aliphatic rings. The molecule has 1 nitrogen and oxygen atoms in total. The summed E-state index contributed by atoms with van der Waals surface area (Å²) in [7, 11) is 0. The average Bonchev–Trinajstić information content (AvgIpc) is 2.40. The molecule has 18 heavy (non-hydrogen) atoms. The summed E-state index contributed by atoms with van der Waals surface area (Å²) >= 11 is 0. The van der Waals surface area contributed by atoms with Crippen LogP contribution in [-0.4, -0.2) is 11.8 Å². The second-order valence-electron chi connectivity index (χ2n) is 4.79. The molecule has 0 bridgehead atoms. The van der Waals surface area contributed by atoms with Gasteiger partial charge in [-0.2, -0.15) is 0 Å². The van der Waals surface area contributed by atoms with E-state index in [0.29, 0.717) is 6.04 Å². The molecule has 0 aromatic heterocycles. The summed E-state index contributed by atoms with van der Waals surface area (Å²) in [6.07, 6.45) is 3.80. The van der Waals surface area contributed by atoms with Crippen molar-refractivity contribution in [2.75, 3.05) is 0 Å². The Labute approximate surface area is 108 Å². The van der Waals surface area contributed by atoms with Crippen LogP contribution in [-0.2, 0) is 0 Å². The third-order valence-electron chi connectivity index (χ3n) is 3.48. The van der Waals surface area contributed by atoms with E-state index in [1.807, 2.05) is 0 Å². The van der Waals surface area contributed by atoms with Gasteiger partial charge in [0.2, 0.25) is 0 Å². The van der Waals surface area contributed by atoms with E-state index >= 15 is 0 Å². The third-order valence-corrected chi connectivity index (χ3v) is 3.48. The van der Waals surface area contributed by atoms with E-state index in [-0.39, 0.29) is 0 Å². The molecule has 2 aromatic rings. The van der Waals surface area contributed by atoms with Crippen LogP contribution in [0.3, 0.4) is 0 Å². The van der Waals surface area contributed by atoms with Gasteiger partial charge in [0.1, 0.15) is 0 Å². The lowest BCUT2D eigenvalue weighted by molar-refractivity contribution is 0.420. The van der Waals surface area contributed by atoms with Gasteiger partial charge in [-0.25, -0.2) is 0 Å². The lowest BCUT2D eigenvalue weighted by Gasteiger charge is -2.22. The van der Waals surface area contributed by atoms with Gasteiger partial charge >= 0.3 is 0 Å². The van der Waals surface area contributed by atoms with Crippen molar-refractivity contribution in [2.24, 2.45) is 4.99 Å². The van der Waals surface area contributed by atoms with E-state index in [9.17, 15) is 0 Å². The molecule has 90 valence electrons. The van der Waals surface area contributed by atoms with Crippen LogP contribution in [0.2, 0.25) is 0 Å². The Hall–Kier alpha value is -1.89. The Kier molecular flexibility index (Phi) is 3.22. The first-order valence-electron chi connectivity index (χ1n) is 6.62. The van der Waals surface area contributed by atoms with Gasteiger partial charge in [0.05, 0.1) is 11.8 Å². The Morgan fingerprint density at radius 1 is 0.778 bits per heavy atom. The molecule has 0 N–H and O–H groups in total. The first-order valence-corrected chi connectivity index (χ1v) is 6.62. The number of hydrogen-bond acceptors (Lipinski definition) is 1. The largest absolute Gasteiger partial charge is 0.281 e. The summed E-state index contributed by atoms with van der Waals surface area (Å²) in [6, 6.07) is 21.5. The highest BCUT2D eigenvalue weighted by Gasteiger charge is 2.18. The molecule has 0 radical (unpaired) electrons. The van der Waals surface area contributed by atoms with Gasteiger partial charge < -0.3 is 0 Å². The molecule has 1 fully saturated rings. The number of nitrogens with zero attached hydrogens (tertiary/aromatic N) is 1. The van der Waals surface area contributed by atoms with E-state index < -0.39 is 0 Å². The number of hydrogen-bond donors (Lipinski definition) is 0. The molecule has 0 amide bonds. The van der Waals surface area contributed by atoms with Gasteiger partial charge in [-0.1, -0.05) is 60.7 Å². The average molecular weight is 236 g/mol. The standard InChI is InChI=1S/C17H17N/c1-3-8-14(9-4-1)17(18-16-12-7-13-16)15-10-5-2-6-11-15/h1-6,8-11,16H,7,12-13H2/i18+1. The van der Waals surface area contributed by atoms with Crippen molar-refractivity contribution in [1.29, 1.82) is 0 Å². The van der Waals surface area contributed by atoms with Gasteiger partial charge in [0.25, 0.3) is 0 Å². The summed E-state index contributed by atoms with van der Waals surface area (Å²) in [5.41, 5.74) is 3.58. The second kappa shape index (κ2) is 5.18. The smallest absolute Gasteiger partial charge is 0.0722 e. The lowest BCUT2D eigenvalue weighted by Crippen LogP contribution is -2.18. The maximum atomic E-state index is 4.94. The Morgan fingerprint density at radius 3 is 1.67 bits per heavy atom. The van der Waals surface area contributed by atoms with Crippen LogP contribution in [0, 0.1) is 0 Å². The first kappa shape index (κ1) is 11.2. The van der Waals surface area contributed by atoms with Gasteiger partial charge in [-0.15, -0.1) is 0 Å². The molecular weight excluding hydrogens is 219 g/mol. The van der Waals surface area contributed by atoms with Gasteiger partial charge in [0.15, 0.2) is 0 Å². The number of benzene rings is 2. The van der Waals surface area contributed by atoms with E-state index in [0.717, 1.165) is 5.71 Å². The number of rotatable bonds is 3. The van der Waals surface area contributed by atoms with Crippen LogP contribution < -0.4 is 0 Å². The van der Waals surface area contributed by atoms with Crippen molar-refractivity contribution in [3.8, 4) is 0 Å². The second-order valence-corrected chi connectivity index (χ2v) is 4.79. The molecule has 0 heterocycles. The highest BCUT2D eigenvalue weighted by Crippen LogP contribution is 2.24. The molecular formula is C17H17N. The van der Waals surface area contributed by atoms with Crippen molar-refractivity contribution < 1.29 is 0 Å². The van der Waals surface area contributed by atoms with Crippen molar-refractivity contribution in [3.05, 3.63) is 71.8 Å². The third kappa shape index (κ3) is 2.35. The predicted octanol–water partition coefficient (Wildman–Crippen LogP) is 4.08. The molecule has 0 aliphatic heterocycles. The molecule has 3 rings (SSSR count). The zero-order chi connectivity index (χ0) is 12.2. The summed E-state index contributed by atoms with van der Waals surface area (Å²) in [5, 5.41) is 0. The fourth-order valence-electron chi connectivity index (χ4n) is 2.21. The van der Waals surface area contributed by atoms with Crippen LogP contribution in [0.15, 0.2) is 65.7 Å². The van der Waals surface area contributed by atoms with Gasteiger partial charge in [-0.05, 0) is 19.3 Å². The van der Waals surface area contributed by atoms with Crippen molar-refractivity contribution in [3.63, 3.8) is 0 Å². The van der Waals surface area contributed by atoms with Gasteiger partial charge in [-0.3, -0.25) is 4.99 Å². The Bertz CT molecular complexity index is 483. The van der Waals surface area contributed by atoms with Crippen LogP contribution in [0.4, 0.5) is 0 Å². The van der Waals surface area contributed by atoms with Crippen molar-refractivity contribution in [2.45, 2.75) is 25.3 Å². The fraction of sp³-hybridized carbons (Fsp3) is 0.235. The minimum absolute atomic E-state index is 0.528. The topological polar surface area (TPSA) is 12.4 Å². The SMILES string of the molecule is c1ccc(C(=[15N]C2CCC2)c2ccccc2)cc1. The fourth-order valence-corrected chi connectivity index (χ4v) is 2.21. The molecule has 1 heteroatoms. The van der Waals surface area contributed by atoms with Crippen LogP contribution >= 0.6 is 0 Å². The molecule has 0 spiro atoms. The minimum atomic E-state index is 0.528. The van der Waals surface area contributed by atoms with E-state index in [2.05, 4.69) is 60.7 Å². The number of aliphatic imine (C=N–C) groups is 1. The van der Waals surface area contributed by atoms with E-state index in [4.69, 9.17) is 4.99 Å². The maximum absolute atomic E-state index is 4.94. The molecule has 0 atom stereocenters. The van der Waals surface area contributed by atoms with Crippen molar-refractivity contribution in [1.82, 2.24) is 0 Å². The summed E-state index contributed by atoms with van der Waals surface area (Å²) in [4.78, 5) is 4.94. The normalized spacial score (nSPS) is 14.9. The summed E-state index contributed by atoms with van der Waals surface area (Å²) in [6.45, 7) is 0. The molecule has 1 aliphatic carbocycles. The Morgan fingerprint density at radius 2 is 1.28 bits per heavy atom. The van der Waals surface area contributed by atoms with Crippen LogP contribution in [0.1, 0.15) is 30.4 Å². The highest BCUT2D eigenvalue weighted by molar-refractivity contribution is 6.12. The van der Waals surface area contributed by atoms with E-state index in [1.54, 1.807) is 0 Å². The Balaban J connectivity index is 2.01. The molecule has 0 unspecified atom stereocenters. The first-order chi connectivity index (χ1) is 8.93. The zero-order valence-electron chi connectivity index (χ0n) is 10.4. The summed E-state index contributed by atoms with van der Waals surface area (Å²) in [5.74, 6) is 0. The molecule has 1 saturated carbocycles.